The molecule has 0 aliphatic rings. The van der Waals surface area contributed by atoms with E-state index in [-0.39, 0.29) is 12.2 Å². The molecule has 0 aliphatic heterocycles. The van der Waals surface area contributed by atoms with Crippen molar-refractivity contribution in [3.8, 4) is 0 Å². The van der Waals surface area contributed by atoms with E-state index in [4.69, 9.17) is 0 Å². The molecule has 0 amide bonds. The van der Waals surface area contributed by atoms with Crippen LogP contribution in [-0.4, -0.2) is 14.9 Å². The maximum absolute atomic E-state index is 13.4. The quantitative estimate of drug-likeness (QED) is 0.857. The maximum Gasteiger partial charge on any atom is 0.126 e. The second kappa shape index (κ2) is 4.45. The topological polar surface area (TPSA) is 38.0 Å². The van der Waals surface area contributed by atoms with Crippen molar-refractivity contribution < 1.29 is 9.50 Å². The van der Waals surface area contributed by atoms with Gasteiger partial charge in [-0.05, 0) is 17.7 Å². The van der Waals surface area contributed by atoms with Gasteiger partial charge in [-0.1, -0.05) is 18.2 Å². The highest BCUT2D eigenvalue weighted by Crippen LogP contribution is 2.18. The van der Waals surface area contributed by atoms with Crippen LogP contribution in [0.15, 0.2) is 36.5 Å². The van der Waals surface area contributed by atoms with Gasteiger partial charge in [-0.15, -0.1) is 0 Å². The molecule has 16 heavy (non-hydrogen) atoms. The molecule has 0 spiro atoms. The lowest BCUT2D eigenvalue weighted by Gasteiger charge is -2.11. The van der Waals surface area contributed by atoms with Crippen LogP contribution in [-0.2, 0) is 13.5 Å². The average Bonchev–Trinajstić information content (AvgIpc) is 2.68. The smallest absolute Gasteiger partial charge is 0.126 e. The Morgan fingerprint density at radius 2 is 2.12 bits per heavy atom. The zero-order valence-corrected chi connectivity index (χ0v) is 8.97. The number of rotatable bonds is 3. The first kappa shape index (κ1) is 10.8. The fourth-order valence-corrected chi connectivity index (χ4v) is 1.69. The minimum absolute atomic E-state index is 0.256. The fourth-order valence-electron chi connectivity index (χ4n) is 1.69. The summed E-state index contributed by atoms with van der Waals surface area (Å²) in [7, 11) is 1.75. The van der Waals surface area contributed by atoms with E-state index in [1.54, 1.807) is 42.2 Å². The number of aliphatic hydroxyl groups is 1. The van der Waals surface area contributed by atoms with Gasteiger partial charge in [0.2, 0.25) is 0 Å². The van der Waals surface area contributed by atoms with Crippen molar-refractivity contribution in [1.82, 2.24) is 9.78 Å². The third-order valence-electron chi connectivity index (χ3n) is 2.57. The first-order valence-electron chi connectivity index (χ1n) is 5.08. The molecule has 4 heteroatoms. The Balaban J connectivity index is 2.17. The van der Waals surface area contributed by atoms with E-state index in [9.17, 15) is 9.50 Å². The maximum atomic E-state index is 13.4. The van der Waals surface area contributed by atoms with Gasteiger partial charge in [0, 0.05) is 19.7 Å². The SMILES string of the molecule is Cn1nccc1C(O)Cc1ccccc1F. The van der Waals surface area contributed by atoms with Crippen LogP contribution in [0.4, 0.5) is 4.39 Å². The summed E-state index contributed by atoms with van der Waals surface area (Å²) < 4.78 is 14.9. The summed E-state index contributed by atoms with van der Waals surface area (Å²) in [6, 6.07) is 8.19. The molecule has 0 saturated heterocycles. The zero-order valence-electron chi connectivity index (χ0n) is 8.97. The number of aliphatic hydroxyl groups excluding tert-OH is 1. The molecular formula is C12H13FN2O. The predicted octanol–water partition coefficient (Wildman–Crippen LogP) is 1.84. The molecule has 0 saturated carbocycles. The monoisotopic (exact) mass is 220 g/mol. The minimum Gasteiger partial charge on any atom is -0.386 e. The molecular weight excluding hydrogens is 207 g/mol. The molecule has 0 bridgehead atoms. The highest BCUT2D eigenvalue weighted by molar-refractivity contribution is 5.20. The number of nitrogens with zero attached hydrogens (tertiary/aromatic N) is 2. The van der Waals surface area contributed by atoms with Crippen LogP contribution in [0.2, 0.25) is 0 Å². The van der Waals surface area contributed by atoms with Crippen molar-refractivity contribution in [3.63, 3.8) is 0 Å². The van der Waals surface area contributed by atoms with E-state index in [2.05, 4.69) is 5.10 Å². The molecule has 0 radical (unpaired) electrons. The Morgan fingerprint density at radius 1 is 1.38 bits per heavy atom. The van der Waals surface area contributed by atoms with E-state index < -0.39 is 6.10 Å². The highest BCUT2D eigenvalue weighted by atomic mass is 19.1. The summed E-state index contributed by atoms with van der Waals surface area (Å²) >= 11 is 0. The number of hydrogen-bond donors (Lipinski definition) is 1. The summed E-state index contributed by atoms with van der Waals surface area (Å²) in [4.78, 5) is 0. The Bertz CT molecular complexity index is 481. The van der Waals surface area contributed by atoms with Crippen molar-refractivity contribution in [2.75, 3.05) is 0 Å². The van der Waals surface area contributed by atoms with Crippen LogP contribution in [0.5, 0.6) is 0 Å². The normalized spacial score (nSPS) is 12.7. The van der Waals surface area contributed by atoms with Gasteiger partial charge in [0.15, 0.2) is 0 Å². The summed E-state index contributed by atoms with van der Waals surface area (Å²) in [6.07, 6.45) is 1.14. The lowest BCUT2D eigenvalue weighted by molar-refractivity contribution is 0.167. The molecule has 2 aromatic rings. The van der Waals surface area contributed by atoms with Gasteiger partial charge in [-0.2, -0.15) is 5.10 Å². The van der Waals surface area contributed by atoms with Gasteiger partial charge in [-0.3, -0.25) is 4.68 Å². The number of aromatic nitrogens is 2. The number of hydrogen-bond acceptors (Lipinski definition) is 2. The van der Waals surface area contributed by atoms with Crippen LogP contribution in [0.1, 0.15) is 17.4 Å². The Hall–Kier alpha value is -1.68. The molecule has 84 valence electrons. The predicted molar refractivity (Wildman–Crippen MR) is 58.3 cm³/mol. The average molecular weight is 220 g/mol. The second-order valence-electron chi connectivity index (χ2n) is 3.69. The lowest BCUT2D eigenvalue weighted by Crippen LogP contribution is -2.08. The third-order valence-corrected chi connectivity index (χ3v) is 2.57. The molecule has 1 aromatic carbocycles. The molecule has 1 aromatic heterocycles. The van der Waals surface area contributed by atoms with Crippen LogP contribution in [0.3, 0.4) is 0 Å². The minimum atomic E-state index is -0.732. The van der Waals surface area contributed by atoms with E-state index in [0.29, 0.717) is 11.3 Å². The first-order valence-corrected chi connectivity index (χ1v) is 5.08. The van der Waals surface area contributed by atoms with Gasteiger partial charge in [0.1, 0.15) is 5.82 Å². The summed E-state index contributed by atoms with van der Waals surface area (Å²) in [5.74, 6) is -0.288. The van der Waals surface area contributed by atoms with Gasteiger partial charge in [0.05, 0.1) is 11.8 Å². The number of halogens is 1. The first-order chi connectivity index (χ1) is 7.68. The molecule has 1 unspecified atom stereocenters. The van der Waals surface area contributed by atoms with E-state index in [1.165, 1.54) is 6.07 Å². The summed E-state index contributed by atoms with van der Waals surface area (Å²) in [6.45, 7) is 0. The number of aryl methyl sites for hydroxylation is 1. The van der Waals surface area contributed by atoms with Crippen LogP contribution in [0, 0.1) is 5.82 Å². The molecule has 0 aliphatic carbocycles. The molecule has 1 heterocycles. The Labute approximate surface area is 93.2 Å². The van der Waals surface area contributed by atoms with Gasteiger partial charge in [0.25, 0.3) is 0 Å². The molecule has 1 N–H and O–H groups in total. The summed E-state index contributed by atoms with van der Waals surface area (Å²) in [5, 5.41) is 13.9. The van der Waals surface area contributed by atoms with E-state index in [0.717, 1.165) is 0 Å². The van der Waals surface area contributed by atoms with Crippen LogP contribution >= 0.6 is 0 Å². The second-order valence-corrected chi connectivity index (χ2v) is 3.69. The Kier molecular flexibility index (Phi) is 3.01. The van der Waals surface area contributed by atoms with Gasteiger partial charge >= 0.3 is 0 Å². The zero-order chi connectivity index (χ0) is 11.5. The molecule has 2 rings (SSSR count). The third kappa shape index (κ3) is 2.12. The molecule has 1 atom stereocenters. The van der Waals surface area contributed by atoms with Crippen molar-refractivity contribution >= 4 is 0 Å². The van der Waals surface area contributed by atoms with Crippen molar-refractivity contribution in [3.05, 3.63) is 53.6 Å². The largest absolute Gasteiger partial charge is 0.386 e. The molecule has 0 fully saturated rings. The fraction of sp³-hybridized carbons (Fsp3) is 0.250. The van der Waals surface area contributed by atoms with Crippen LogP contribution < -0.4 is 0 Å². The van der Waals surface area contributed by atoms with Crippen LogP contribution in [0.25, 0.3) is 0 Å². The standard InChI is InChI=1S/C12H13FN2O/c1-15-11(6-7-14-15)12(16)8-9-4-2-3-5-10(9)13/h2-7,12,16H,8H2,1H3. The van der Waals surface area contributed by atoms with Crippen molar-refractivity contribution in [2.45, 2.75) is 12.5 Å². The van der Waals surface area contributed by atoms with E-state index in [1.807, 2.05) is 0 Å². The highest BCUT2D eigenvalue weighted by Gasteiger charge is 2.13. The lowest BCUT2D eigenvalue weighted by atomic mass is 10.1. The van der Waals surface area contributed by atoms with Crippen molar-refractivity contribution in [1.29, 1.82) is 0 Å². The molecule has 3 nitrogen and oxygen atoms in total. The Morgan fingerprint density at radius 3 is 2.75 bits per heavy atom. The number of benzene rings is 1. The van der Waals surface area contributed by atoms with E-state index >= 15 is 0 Å². The van der Waals surface area contributed by atoms with Gasteiger partial charge in [-0.25, -0.2) is 4.39 Å². The van der Waals surface area contributed by atoms with Crippen molar-refractivity contribution in [2.24, 2.45) is 7.05 Å². The van der Waals surface area contributed by atoms with Gasteiger partial charge < -0.3 is 5.11 Å². The summed E-state index contributed by atoms with van der Waals surface area (Å²) in [5.41, 5.74) is 1.19.